The molecule has 5 heteroatoms. The SMILES string of the molecule is O=C(O[C@H]1C[N+]2(Cc3ccccc3Cl)CCC1CC2)N(Cc1ccccc1)c1ccccc1. The molecule has 2 bridgehead atoms. The first-order valence-corrected chi connectivity index (χ1v) is 12.2. The zero-order valence-corrected chi connectivity index (χ0v) is 19.5. The molecule has 3 aromatic rings. The molecule has 6 rings (SSSR count). The van der Waals surface area contributed by atoms with Crippen LogP contribution in [-0.4, -0.2) is 36.3 Å². The van der Waals surface area contributed by atoms with E-state index in [0.29, 0.717) is 12.5 Å². The number of benzene rings is 3. The molecule has 1 atom stereocenters. The van der Waals surface area contributed by atoms with Crippen LogP contribution in [-0.2, 0) is 17.8 Å². The van der Waals surface area contributed by atoms with Crippen LogP contribution >= 0.6 is 11.6 Å². The lowest BCUT2D eigenvalue weighted by Crippen LogP contribution is -2.64. The topological polar surface area (TPSA) is 29.5 Å². The first kappa shape index (κ1) is 22.0. The third-order valence-electron chi connectivity index (χ3n) is 7.23. The lowest BCUT2D eigenvalue weighted by Gasteiger charge is -2.52. The maximum absolute atomic E-state index is 13.5. The molecule has 0 radical (unpaired) electrons. The van der Waals surface area contributed by atoms with Gasteiger partial charge in [-0.25, -0.2) is 4.79 Å². The lowest BCUT2D eigenvalue weighted by molar-refractivity contribution is -0.958. The maximum atomic E-state index is 13.5. The Morgan fingerprint density at radius 3 is 2.24 bits per heavy atom. The standard InChI is InChI=1S/C28H30ClN2O2/c29-26-14-8-7-11-24(26)20-31-17-15-23(16-18-31)27(21-31)33-28(32)30(25-12-5-2-6-13-25)19-22-9-3-1-4-10-22/h1-14,23,27H,15-21H2/q+1/t23?,27-,31?/m0/s1. The van der Waals surface area contributed by atoms with E-state index in [2.05, 4.69) is 12.1 Å². The smallest absolute Gasteiger partial charge is 0.415 e. The molecular formula is C28H30ClN2O2+. The molecule has 3 aliphatic heterocycles. The fourth-order valence-electron chi connectivity index (χ4n) is 5.39. The Kier molecular flexibility index (Phi) is 6.39. The van der Waals surface area contributed by atoms with E-state index in [9.17, 15) is 4.79 Å². The molecule has 3 aliphatic rings. The van der Waals surface area contributed by atoms with Crippen molar-refractivity contribution >= 4 is 23.4 Å². The van der Waals surface area contributed by atoms with Gasteiger partial charge in [-0.05, 0) is 23.8 Å². The summed E-state index contributed by atoms with van der Waals surface area (Å²) < 4.78 is 7.19. The first-order chi connectivity index (χ1) is 16.1. The zero-order valence-electron chi connectivity index (χ0n) is 18.8. The van der Waals surface area contributed by atoms with Gasteiger partial charge in [0.2, 0.25) is 0 Å². The van der Waals surface area contributed by atoms with Gasteiger partial charge in [-0.3, -0.25) is 4.90 Å². The van der Waals surface area contributed by atoms with Crippen molar-refractivity contribution in [3.05, 3.63) is 101 Å². The monoisotopic (exact) mass is 461 g/mol. The average molecular weight is 462 g/mol. The molecular weight excluding hydrogens is 432 g/mol. The Labute approximate surface area is 200 Å². The van der Waals surface area contributed by atoms with Crippen LogP contribution in [0, 0.1) is 5.92 Å². The van der Waals surface area contributed by atoms with E-state index in [4.69, 9.17) is 16.3 Å². The highest BCUT2D eigenvalue weighted by atomic mass is 35.5. The molecule has 3 heterocycles. The number of carbonyl (C=O) groups excluding carboxylic acids is 1. The van der Waals surface area contributed by atoms with Crippen LogP contribution in [0.4, 0.5) is 10.5 Å². The lowest BCUT2D eigenvalue weighted by atomic mass is 9.83. The van der Waals surface area contributed by atoms with Gasteiger partial charge >= 0.3 is 6.09 Å². The van der Waals surface area contributed by atoms with Gasteiger partial charge in [0.05, 0.1) is 19.6 Å². The van der Waals surface area contributed by atoms with Crippen LogP contribution in [0.5, 0.6) is 0 Å². The second kappa shape index (κ2) is 9.58. The van der Waals surface area contributed by atoms with Crippen molar-refractivity contribution in [2.75, 3.05) is 24.5 Å². The number of piperidine rings is 3. The predicted molar refractivity (Wildman–Crippen MR) is 132 cm³/mol. The van der Waals surface area contributed by atoms with Gasteiger partial charge in [-0.2, -0.15) is 0 Å². The molecule has 33 heavy (non-hydrogen) atoms. The summed E-state index contributed by atoms with van der Waals surface area (Å²) in [7, 11) is 0. The first-order valence-electron chi connectivity index (χ1n) is 11.8. The van der Waals surface area contributed by atoms with E-state index in [-0.39, 0.29) is 12.2 Å². The highest BCUT2D eigenvalue weighted by Gasteiger charge is 2.48. The van der Waals surface area contributed by atoms with E-state index < -0.39 is 0 Å². The Bertz CT molecular complexity index is 1080. The van der Waals surface area contributed by atoms with Crippen molar-refractivity contribution in [1.82, 2.24) is 0 Å². The summed E-state index contributed by atoms with van der Waals surface area (Å²) in [5, 5.41) is 0.823. The van der Waals surface area contributed by atoms with Crippen LogP contribution in [0.2, 0.25) is 5.02 Å². The third kappa shape index (κ3) is 4.92. The largest absolute Gasteiger partial charge is 0.440 e. The molecule has 0 N–H and O–H groups in total. The fourth-order valence-corrected chi connectivity index (χ4v) is 5.59. The number of carbonyl (C=O) groups is 1. The summed E-state index contributed by atoms with van der Waals surface area (Å²) in [4.78, 5) is 15.2. The minimum absolute atomic E-state index is 0.0653. The highest BCUT2D eigenvalue weighted by molar-refractivity contribution is 6.31. The highest BCUT2D eigenvalue weighted by Crippen LogP contribution is 2.38. The van der Waals surface area contributed by atoms with E-state index >= 15 is 0 Å². The molecule has 1 amide bonds. The quantitative estimate of drug-likeness (QED) is 0.403. The van der Waals surface area contributed by atoms with Crippen molar-refractivity contribution in [2.45, 2.75) is 32.0 Å². The Hall–Kier alpha value is -2.82. The summed E-state index contributed by atoms with van der Waals surface area (Å²) in [6.45, 7) is 4.48. The number of halogens is 1. The van der Waals surface area contributed by atoms with Gasteiger partial charge in [0.1, 0.15) is 13.1 Å². The minimum Gasteiger partial charge on any atom is -0.440 e. The number of hydrogen-bond donors (Lipinski definition) is 0. The molecule has 4 nitrogen and oxygen atoms in total. The van der Waals surface area contributed by atoms with Gasteiger partial charge in [0.25, 0.3) is 0 Å². The fraction of sp³-hybridized carbons (Fsp3) is 0.321. The Morgan fingerprint density at radius 2 is 1.55 bits per heavy atom. The van der Waals surface area contributed by atoms with Crippen molar-refractivity contribution in [2.24, 2.45) is 5.92 Å². The number of quaternary nitrogens is 1. The second-order valence-electron chi connectivity index (χ2n) is 9.39. The van der Waals surface area contributed by atoms with E-state index in [1.807, 2.05) is 72.8 Å². The normalized spacial score (nSPS) is 23.8. The molecule has 3 fully saturated rings. The summed E-state index contributed by atoms with van der Waals surface area (Å²) in [5.74, 6) is 0.439. The van der Waals surface area contributed by atoms with Crippen molar-refractivity contribution in [3.8, 4) is 0 Å². The molecule has 0 saturated carbocycles. The van der Waals surface area contributed by atoms with Crippen LogP contribution in [0.3, 0.4) is 0 Å². The van der Waals surface area contributed by atoms with Gasteiger partial charge in [0, 0.05) is 35.0 Å². The van der Waals surface area contributed by atoms with Gasteiger partial charge in [-0.1, -0.05) is 78.3 Å². The molecule has 0 unspecified atom stereocenters. The molecule has 0 aliphatic carbocycles. The average Bonchev–Trinajstić information content (AvgIpc) is 2.86. The van der Waals surface area contributed by atoms with Crippen LogP contribution in [0.25, 0.3) is 0 Å². The number of rotatable bonds is 6. The van der Waals surface area contributed by atoms with E-state index in [1.54, 1.807) is 4.90 Å². The van der Waals surface area contributed by atoms with Crippen LogP contribution < -0.4 is 4.90 Å². The zero-order chi connectivity index (χ0) is 22.7. The number of anilines is 1. The molecule has 0 aromatic heterocycles. The number of amides is 1. The summed E-state index contributed by atoms with van der Waals surface area (Å²) in [6, 6.07) is 28.0. The minimum atomic E-state index is -0.264. The Balaban J connectivity index is 1.33. The van der Waals surface area contributed by atoms with Crippen molar-refractivity contribution in [3.63, 3.8) is 0 Å². The molecule has 3 saturated heterocycles. The number of ether oxygens (including phenoxy) is 1. The van der Waals surface area contributed by atoms with Gasteiger partial charge < -0.3 is 9.22 Å². The number of nitrogens with zero attached hydrogens (tertiary/aromatic N) is 2. The van der Waals surface area contributed by atoms with E-state index in [0.717, 1.165) is 59.8 Å². The summed E-state index contributed by atoms with van der Waals surface area (Å²) >= 11 is 6.48. The van der Waals surface area contributed by atoms with Crippen molar-refractivity contribution in [1.29, 1.82) is 0 Å². The van der Waals surface area contributed by atoms with Crippen LogP contribution in [0.1, 0.15) is 24.0 Å². The number of fused-ring (bicyclic) bond motifs is 3. The second-order valence-corrected chi connectivity index (χ2v) is 9.80. The maximum Gasteiger partial charge on any atom is 0.415 e. The third-order valence-corrected chi connectivity index (χ3v) is 7.60. The predicted octanol–water partition coefficient (Wildman–Crippen LogP) is 6.29. The van der Waals surface area contributed by atoms with E-state index in [1.165, 1.54) is 5.56 Å². The molecule has 3 aromatic carbocycles. The van der Waals surface area contributed by atoms with Gasteiger partial charge in [0.15, 0.2) is 6.10 Å². The van der Waals surface area contributed by atoms with Gasteiger partial charge in [-0.15, -0.1) is 0 Å². The summed E-state index contributed by atoms with van der Waals surface area (Å²) in [6.07, 6.45) is 1.85. The summed E-state index contributed by atoms with van der Waals surface area (Å²) in [5.41, 5.74) is 3.11. The number of hydrogen-bond acceptors (Lipinski definition) is 2. The molecule has 0 spiro atoms. The van der Waals surface area contributed by atoms with Crippen LogP contribution in [0.15, 0.2) is 84.9 Å². The Morgan fingerprint density at radius 1 is 0.909 bits per heavy atom. The van der Waals surface area contributed by atoms with Crippen molar-refractivity contribution < 1.29 is 14.0 Å². The molecule has 170 valence electrons. The number of para-hydroxylation sites is 1.